The van der Waals surface area contributed by atoms with Crippen LogP contribution in [0.15, 0.2) is 90.0 Å². The number of carbonyl (C=O) groups excluding carboxylic acids is 2. The van der Waals surface area contributed by atoms with Crippen LogP contribution in [0, 0.1) is 0 Å². The summed E-state index contributed by atoms with van der Waals surface area (Å²) in [4.78, 5) is 41.1. The minimum absolute atomic E-state index is 0.0414. The maximum absolute atomic E-state index is 14.2. The van der Waals surface area contributed by atoms with Crippen molar-refractivity contribution in [1.29, 1.82) is 0 Å². The maximum atomic E-state index is 14.2. The van der Waals surface area contributed by atoms with Crippen molar-refractivity contribution < 1.29 is 45.4 Å². The van der Waals surface area contributed by atoms with Gasteiger partial charge in [0.1, 0.15) is 18.7 Å². The fourth-order valence-electron chi connectivity index (χ4n) is 6.47. The minimum Gasteiger partial charge on any atom is -0.445 e. The Morgan fingerprint density at radius 3 is 2.06 bits per heavy atom. The molecule has 1 saturated heterocycles. The molecule has 0 spiro atoms. The zero-order valence-electron chi connectivity index (χ0n) is 27.1. The number of amides is 1. The number of alkyl halides is 6. The Balaban J connectivity index is 1.58. The number of ketones is 1. The SMILES string of the molecule is CC(=O)C[C@]1(n2cn[nH]c2=O)CC[C@@](CO[C@H](C)c2cc(C(F)(F)F)cc(C(F)(F)F)c2)(c2ccccc2)N(C(=O)OCc2ccccc2)C1. The molecule has 0 unspecified atom stereocenters. The fourth-order valence-corrected chi connectivity index (χ4v) is 6.47. The molecule has 0 aliphatic carbocycles. The van der Waals surface area contributed by atoms with Crippen molar-refractivity contribution in [1.82, 2.24) is 19.7 Å². The first-order valence-electron chi connectivity index (χ1n) is 15.6. The van der Waals surface area contributed by atoms with Crippen molar-refractivity contribution in [3.05, 3.63) is 123 Å². The summed E-state index contributed by atoms with van der Waals surface area (Å²) in [6.45, 7) is 1.87. The van der Waals surface area contributed by atoms with E-state index in [0.717, 1.165) is 0 Å². The number of hydrogen-bond donors (Lipinski definition) is 1. The summed E-state index contributed by atoms with van der Waals surface area (Å²) < 4.78 is 95.2. The molecular weight excluding hydrogens is 670 g/mol. The number of Topliss-reactive ketones (excluding diaryl/α,β-unsaturated/α-hetero) is 1. The van der Waals surface area contributed by atoms with E-state index in [1.54, 1.807) is 60.7 Å². The lowest BCUT2D eigenvalue weighted by Crippen LogP contribution is -2.64. The van der Waals surface area contributed by atoms with Crippen molar-refractivity contribution in [2.24, 2.45) is 0 Å². The van der Waals surface area contributed by atoms with Crippen LogP contribution in [0.3, 0.4) is 0 Å². The molecule has 2 heterocycles. The molecule has 1 aliphatic heterocycles. The molecule has 1 aliphatic rings. The van der Waals surface area contributed by atoms with E-state index in [0.29, 0.717) is 23.3 Å². The predicted octanol–water partition coefficient (Wildman–Crippen LogP) is 7.39. The molecule has 1 N–H and O–H groups in total. The van der Waals surface area contributed by atoms with Gasteiger partial charge in [-0.25, -0.2) is 14.7 Å². The standard InChI is InChI=1S/C35H34F6N4O5/c1-23(46)18-32(45-22-42-43-30(45)47)13-14-33(27-11-7-4-8-12-27,44(20-32)31(48)49-19-25-9-5-3-6-10-25)21-50-24(2)26-15-28(34(36,37)38)17-29(16-26)35(39,40)41/h3-12,15-17,22,24H,13-14,18-21H2,1-2H3,(H,43,47)/t24-,32-,33-/m1/s1. The molecule has 50 heavy (non-hydrogen) atoms. The molecule has 9 nitrogen and oxygen atoms in total. The topological polar surface area (TPSA) is 107 Å². The average Bonchev–Trinajstić information content (AvgIpc) is 3.52. The number of rotatable bonds is 10. The summed E-state index contributed by atoms with van der Waals surface area (Å²) in [5.74, 6) is -0.280. The summed E-state index contributed by atoms with van der Waals surface area (Å²) >= 11 is 0. The maximum Gasteiger partial charge on any atom is 0.416 e. The number of nitrogens with one attached hydrogen (secondary N) is 1. The van der Waals surface area contributed by atoms with Gasteiger partial charge in [-0.05, 0) is 61.6 Å². The van der Waals surface area contributed by atoms with Crippen LogP contribution in [0.25, 0.3) is 0 Å². The Kier molecular flexibility index (Phi) is 10.3. The quantitative estimate of drug-likeness (QED) is 0.173. The first kappa shape index (κ1) is 36.4. The number of benzene rings is 3. The van der Waals surface area contributed by atoms with Crippen LogP contribution in [0.4, 0.5) is 31.1 Å². The van der Waals surface area contributed by atoms with E-state index in [1.807, 2.05) is 0 Å². The first-order chi connectivity index (χ1) is 23.5. The lowest BCUT2D eigenvalue weighted by molar-refractivity contribution is -0.143. The van der Waals surface area contributed by atoms with E-state index in [-0.39, 0.29) is 49.8 Å². The van der Waals surface area contributed by atoms with Gasteiger partial charge in [0.05, 0.1) is 34.9 Å². The minimum atomic E-state index is -5.06. The molecule has 3 atom stereocenters. The third-order valence-corrected chi connectivity index (χ3v) is 9.00. The lowest BCUT2D eigenvalue weighted by atomic mass is 9.73. The highest BCUT2D eigenvalue weighted by molar-refractivity contribution is 5.77. The van der Waals surface area contributed by atoms with Gasteiger partial charge in [0.15, 0.2) is 0 Å². The van der Waals surface area contributed by atoms with E-state index in [2.05, 4.69) is 10.2 Å². The molecule has 0 saturated carbocycles. The second-order valence-corrected chi connectivity index (χ2v) is 12.5. The van der Waals surface area contributed by atoms with Gasteiger partial charge in [-0.15, -0.1) is 0 Å². The first-order valence-corrected chi connectivity index (χ1v) is 15.6. The van der Waals surface area contributed by atoms with E-state index < -0.39 is 59.1 Å². The number of ether oxygens (including phenoxy) is 2. The monoisotopic (exact) mass is 704 g/mol. The molecule has 1 aromatic heterocycles. The molecule has 266 valence electrons. The van der Waals surface area contributed by atoms with Crippen LogP contribution >= 0.6 is 0 Å². The molecule has 5 rings (SSSR count). The summed E-state index contributed by atoms with van der Waals surface area (Å²) in [7, 11) is 0. The summed E-state index contributed by atoms with van der Waals surface area (Å²) in [5, 5.41) is 6.15. The molecular formula is C35H34F6N4O5. The molecule has 4 aromatic rings. The summed E-state index contributed by atoms with van der Waals surface area (Å²) in [6, 6.07) is 18.6. The Morgan fingerprint density at radius 2 is 1.52 bits per heavy atom. The van der Waals surface area contributed by atoms with Crippen molar-refractivity contribution in [3.8, 4) is 0 Å². The predicted molar refractivity (Wildman–Crippen MR) is 168 cm³/mol. The highest BCUT2D eigenvalue weighted by Gasteiger charge is 2.53. The molecule has 1 amide bonds. The zero-order valence-corrected chi connectivity index (χ0v) is 27.1. The molecule has 3 aromatic carbocycles. The van der Waals surface area contributed by atoms with E-state index in [1.165, 1.54) is 29.6 Å². The molecule has 0 radical (unpaired) electrons. The second-order valence-electron chi connectivity index (χ2n) is 12.5. The van der Waals surface area contributed by atoms with Gasteiger partial charge < -0.3 is 9.47 Å². The molecule has 1 fully saturated rings. The largest absolute Gasteiger partial charge is 0.445 e. The third-order valence-electron chi connectivity index (χ3n) is 9.00. The van der Waals surface area contributed by atoms with Crippen LogP contribution in [0.1, 0.15) is 67.0 Å². The normalized spacial score (nSPS) is 20.4. The number of carbonyl (C=O) groups is 2. The molecule has 0 bridgehead atoms. The van der Waals surface area contributed by atoms with Crippen LogP contribution in [-0.2, 0) is 44.3 Å². The number of hydrogen-bond acceptors (Lipinski definition) is 6. The number of halogens is 6. The van der Waals surface area contributed by atoms with Gasteiger partial charge in [0, 0.05) is 13.0 Å². The van der Waals surface area contributed by atoms with Gasteiger partial charge in [-0.1, -0.05) is 60.7 Å². The Labute approximate surface area is 282 Å². The van der Waals surface area contributed by atoms with E-state index in [4.69, 9.17) is 9.47 Å². The Bertz CT molecular complexity index is 1830. The number of piperidine rings is 1. The van der Waals surface area contributed by atoms with Crippen LogP contribution < -0.4 is 5.69 Å². The fraction of sp³-hybridized carbons (Fsp3) is 0.371. The highest BCUT2D eigenvalue weighted by Crippen LogP contribution is 2.46. The van der Waals surface area contributed by atoms with Gasteiger partial charge >= 0.3 is 24.1 Å². The number of H-pyrrole nitrogens is 1. The number of likely N-dealkylation sites (tertiary alicyclic amines) is 1. The van der Waals surface area contributed by atoms with Gasteiger partial charge in [-0.3, -0.25) is 14.3 Å². The Morgan fingerprint density at radius 1 is 0.920 bits per heavy atom. The van der Waals surface area contributed by atoms with Gasteiger partial charge in [0.2, 0.25) is 0 Å². The average molecular weight is 705 g/mol. The van der Waals surface area contributed by atoms with Crippen molar-refractivity contribution in [3.63, 3.8) is 0 Å². The van der Waals surface area contributed by atoms with Crippen molar-refractivity contribution in [2.45, 2.75) is 69.3 Å². The van der Waals surface area contributed by atoms with Gasteiger partial charge in [-0.2, -0.15) is 31.4 Å². The zero-order chi connectivity index (χ0) is 36.3. The lowest BCUT2D eigenvalue weighted by Gasteiger charge is -2.53. The van der Waals surface area contributed by atoms with E-state index in [9.17, 15) is 40.7 Å². The Hall–Kier alpha value is -4.92. The van der Waals surface area contributed by atoms with Crippen molar-refractivity contribution in [2.75, 3.05) is 13.2 Å². The van der Waals surface area contributed by atoms with Crippen LogP contribution in [-0.4, -0.2) is 44.7 Å². The number of aromatic nitrogens is 3. The van der Waals surface area contributed by atoms with E-state index >= 15 is 0 Å². The summed E-state index contributed by atoms with van der Waals surface area (Å²) in [5.41, 5.74) is -5.47. The second kappa shape index (κ2) is 14.1. The number of nitrogens with zero attached hydrogens (tertiary/aromatic N) is 3. The highest BCUT2D eigenvalue weighted by atomic mass is 19.4. The number of aromatic amines is 1. The molecule has 15 heteroatoms. The van der Waals surface area contributed by atoms with Crippen molar-refractivity contribution >= 4 is 11.9 Å². The van der Waals surface area contributed by atoms with Crippen LogP contribution in [0.5, 0.6) is 0 Å². The smallest absolute Gasteiger partial charge is 0.416 e. The van der Waals surface area contributed by atoms with Gasteiger partial charge in [0.25, 0.3) is 0 Å². The summed E-state index contributed by atoms with van der Waals surface area (Å²) in [6.07, 6.45) is -11.0. The van der Waals surface area contributed by atoms with Crippen LogP contribution in [0.2, 0.25) is 0 Å². The third kappa shape index (κ3) is 7.77.